The Balaban J connectivity index is 2.07. The summed E-state index contributed by atoms with van der Waals surface area (Å²) < 4.78 is 27.5. The topological polar surface area (TPSA) is 20.2 Å². The van der Waals surface area contributed by atoms with Gasteiger partial charge in [0.2, 0.25) is 0 Å². The van der Waals surface area contributed by atoms with Crippen LogP contribution in [0, 0.1) is 11.6 Å². The highest BCUT2D eigenvalue weighted by atomic mass is 19.1. The molecule has 0 radical (unpaired) electrons. The van der Waals surface area contributed by atoms with Crippen molar-refractivity contribution in [3.05, 3.63) is 71.3 Å². The zero-order valence-corrected chi connectivity index (χ0v) is 11.7. The molecule has 3 heteroatoms. The predicted molar refractivity (Wildman–Crippen MR) is 77.9 cm³/mol. The molecule has 2 aromatic carbocycles. The molecule has 0 bridgehead atoms. The molecule has 2 aromatic rings. The number of hydrogen-bond donors (Lipinski definition) is 1. The molecule has 3 rings (SSSR count). The molecule has 1 aliphatic carbocycles. The van der Waals surface area contributed by atoms with Gasteiger partial charge in [-0.1, -0.05) is 43.2 Å². The minimum Gasteiger partial charge on any atom is -0.387 e. The Bertz CT molecular complexity index is 618. The second-order valence-electron chi connectivity index (χ2n) is 5.80. The van der Waals surface area contributed by atoms with Gasteiger partial charge >= 0.3 is 0 Å². The molecule has 0 heterocycles. The van der Waals surface area contributed by atoms with E-state index < -0.39 is 23.2 Å². The van der Waals surface area contributed by atoms with Crippen LogP contribution in [0.1, 0.15) is 42.9 Å². The van der Waals surface area contributed by atoms with E-state index in [1.807, 2.05) is 30.3 Å². The molecule has 1 nitrogen and oxygen atoms in total. The molecule has 0 amide bonds. The van der Waals surface area contributed by atoms with Crippen molar-refractivity contribution >= 4 is 0 Å². The lowest BCUT2D eigenvalue weighted by molar-refractivity contribution is 0.0785. The first-order valence-corrected chi connectivity index (χ1v) is 7.32. The lowest BCUT2D eigenvalue weighted by Crippen LogP contribution is -2.31. The minimum absolute atomic E-state index is 0.0563. The first-order valence-electron chi connectivity index (χ1n) is 7.32. The zero-order chi connectivity index (χ0) is 14.9. The van der Waals surface area contributed by atoms with Gasteiger partial charge in [-0.2, -0.15) is 0 Å². The number of halogens is 2. The summed E-state index contributed by atoms with van der Waals surface area (Å²) in [5, 5.41) is 10.8. The minimum atomic E-state index is -1.03. The van der Waals surface area contributed by atoms with Gasteiger partial charge < -0.3 is 5.11 Å². The first-order chi connectivity index (χ1) is 10.1. The summed E-state index contributed by atoms with van der Waals surface area (Å²) in [5.74, 6) is -1.07. The van der Waals surface area contributed by atoms with Crippen molar-refractivity contribution in [2.75, 3.05) is 0 Å². The van der Waals surface area contributed by atoms with Crippen molar-refractivity contribution in [2.45, 2.75) is 37.2 Å². The van der Waals surface area contributed by atoms with Gasteiger partial charge in [-0.15, -0.1) is 0 Å². The van der Waals surface area contributed by atoms with Crippen molar-refractivity contribution in [1.29, 1.82) is 0 Å². The molecule has 110 valence electrons. The summed E-state index contributed by atoms with van der Waals surface area (Å²) in [6, 6.07) is 13.0. The summed E-state index contributed by atoms with van der Waals surface area (Å²) in [5.41, 5.74) is 0.537. The van der Waals surface area contributed by atoms with E-state index in [4.69, 9.17) is 0 Å². The molecule has 1 saturated carbocycles. The number of aliphatic hydroxyl groups is 1. The Morgan fingerprint density at radius 1 is 0.952 bits per heavy atom. The zero-order valence-electron chi connectivity index (χ0n) is 11.7. The summed E-state index contributed by atoms with van der Waals surface area (Å²) in [6.45, 7) is 0. The monoisotopic (exact) mass is 288 g/mol. The third-order valence-corrected chi connectivity index (χ3v) is 4.62. The van der Waals surface area contributed by atoms with Gasteiger partial charge in [-0.25, -0.2) is 8.78 Å². The van der Waals surface area contributed by atoms with Crippen LogP contribution in [0.5, 0.6) is 0 Å². The van der Waals surface area contributed by atoms with Gasteiger partial charge in [0, 0.05) is 11.0 Å². The number of rotatable bonds is 3. The lowest BCUT2D eigenvalue weighted by atomic mass is 9.72. The molecule has 1 aliphatic rings. The molecular weight excluding hydrogens is 270 g/mol. The largest absolute Gasteiger partial charge is 0.387 e. The van der Waals surface area contributed by atoms with E-state index in [-0.39, 0.29) is 5.56 Å². The van der Waals surface area contributed by atoms with Crippen LogP contribution < -0.4 is 0 Å². The Hall–Kier alpha value is -1.74. The van der Waals surface area contributed by atoms with Crippen LogP contribution in [-0.4, -0.2) is 5.11 Å². The molecule has 0 aromatic heterocycles. The van der Waals surface area contributed by atoms with Gasteiger partial charge in [-0.05, 0) is 36.6 Å². The van der Waals surface area contributed by atoms with Crippen molar-refractivity contribution in [2.24, 2.45) is 0 Å². The van der Waals surface area contributed by atoms with Crippen molar-refractivity contribution in [1.82, 2.24) is 0 Å². The average Bonchev–Trinajstić information content (AvgIpc) is 3.01. The van der Waals surface area contributed by atoms with Crippen LogP contribution in [0.3, 0.4) is 0 Å². The Morgan fingerprint density at radius 2 is 1.62 bits per heavy atom. The molecule has 1 atom stereocenters. The van der Waals surface area contributed by atoms with Crippen molar-refractivity contribution < 1.29 is 13.9 Å². The smallest absolute Gasteiger partial charge is 0.129 e. The highest BCUT2D eigenvalue weighted by molar-refractivity contribution is 5.34. The number of hydrogen-bond acceptors (Lipinski definition) is 1. The van der Waals surface area contributed by atoms with Crippen LogP contribution in [0.25, 0.3) is 0 Å². The fraction of sp³-hybridized carbons (Fsp3) is 0.333. The van der Waals surface area contributed by atoms with E-state index in [1.54, 1.807) is 0 Å². The average molecular weight is 288 g/mol. The highest BCUT2D eigenvalue weighted by Gasteiger charge is 2.43. The van der Waals surface area contributed by atoms with Gasteiger partial charge in [0.05, 0.1) is 6.10 Å². The molecular formula is C18H18F2O. The second-order valence-corrected chi connectivity index (χ2v) is 5.80. The lowest BCUT2D eigenvalue weighted by Gasteiger charge is -2.35. The third kappa shape index (κ3) is 2.46. The van der Waals surface area contributed by atoms with Crippen LogP contribution >= 0.6 is 0 Å². The molecule has 0 spiro atoms. The molecule has 1 fully saturated rings. The van der Waals surface area contributed by atoms with Crippen molar-refractivity contribution in [3.63, 3.8) is 0 Å². The summed E-state index contributed by atoms with van der Waals surface area (Å²) >= 11 is 0. The standard InChI is InChI=1S/C18H18F2O/c19-14-8-9-16(20)15(12-14)17(21)18(10-4-5-11-18)13-6-2-1-3-7-13/h1-3,6-9,12,17,21H,4-5,10-11H2. The maximum absolute atomic E-state index is 14.0. The van der Waals surface area contributed by atoms with E-state index in [1.165, 1.54) is 0 Å². The maximum atomic E-state index is 14.0. The van der Waals surface area contributed by atoms with Crippen molar-refractivity contribution in [3.8, 4) is 0 Å². The molecule has 21 heavy (non-hydrogen) atoms. The quantitative estimate of drug-likeness (QED) is 0.881. The molecule has 1 unspecified atom stereocenters. The van der Waals surface area contributed by atoms with Crippen LogP contribution in [0.15, 0.2) is 48.5 Å². The van der Waals surface area contributed by atoms with Gasteiger partial charge in [0.1, 0.15) is 11.6 Å². The van der Waals surface area contributed by atoms with Gasteiger partial charge in [0.15, 0.2) is 0 Å². The second kappa shape index (κ2) is 5.57. The van der Waals surface area contributed by atoms with Gasteiger partial charge in [-0.3, -0.25) is 0 Å². The summed E-state index contributed by atoms with van der Waals surface area (Å²) in [6.07, 6.45) is 2.52. The third-order valence-electron chi connectivity index (χ3n) is 4.62. The van der Waals surface area contributed by atoms with E-state index in [0.717, 1.165) is 49.4 Å². The van der Waals surface area contributed by atoms with E-state index in [9.17, 15) is 13.9 Å². The number of benzene rings is 2. The van der Waals surface area contributed by atoms with Crippen LogP contribution in [0.4, 0.5) is 8.78 Å². The molecule has 0 saturated heterocycles. The van der Waals surface area contributed by atoms with E-state index in [2.05, 4.69) is 0 Å². The predicted octanol–water partition coefficient (Wildman–Crippen LogP) is 4.51. The van der Waals surface area contributed by atoms with Crippen LogP contribution in [0.2, 0.25) is 0 Å². The Morgan fingerprint density at radius 3 is 2.29 bits per heavy atom. The normalized spacial score (nSPS) is 18.6. The first kappa shape index (κ1) is 14.2. The number of aliphatic hydroxyl groups excluding tert-OH is 1. The summed E-state index contributed by atoms with van der Waals surface area (Å²) in [7, 11) is 0. The SMILES string of the molecule is OC(c1cc(F)ccc1F)C1(c2ccccc2)CCCC1. The van der Waals surface area contributed by atoms with E-state index in [0.29, 0.717) is 0 Å². The fourth-order valence-corrected chi connectivity index (χ4v) is 3.52. The summed E-state index contributed by atoms with van der Waals surface area (Å²) in [4.78, 5) is 0. The molecule has 1 N–H and O–H groups in total. The van der Waals surface area contributed by atoms with Gasteiger partial charge in [0.25, 0.3) is 0 Å². The Kier molecular flexibility index (Phi) is 3.77. The fourth-order valence-electron chi connectivity index (χ4n) is 3.52. The highest BCUT2D eigenvalue weighted by Crippen LogP contribution is 2.50. The molecule has 0 aliphatic heterocycles. The Labute approximate surface area is 123 Å². The van der Waals surface area contributed by atoms with E-state index >= 15 is 0 Å². The maximum Gasteiger partial charge on any atom is 0.129 e. The van der Waals surface area contributed by atoms with Crippen LogP contribution in [-0.2, 0) is 5.41 Å².